The van der Waals surface area contributed by atoms with Gasteiger partial charge in [-0.3, -0.25) is 5.43 Å². The number of hydrogen-bond acceptors (Lipinski definition) is 5. The Balaban J connectivity index is 2.03. The van der Waals surface area contributed by atoms with Gasteiger partial charge in [-0.2, -0.15) is 15.2 Å². The Kier molecular flexibility index (Phi) is 3.93. The van der Waals surface area contributed by atoms with Gasteiger partial charge in [0.05, 0.1) is 12.4 Å². The molecule has 1 heterocycles. The lowest BCUT2D eigenvalue weighted by atomic mass is 9.87. The highest BCUT2D eigenvalue weighted by atomic mass is 16.1. The van der Waals surface area contributed by atoms with Gasteiger partial charge in [-0.05, 0) is 16.5 Å². The summed E-state index contributed by atoms with van der Waals surface area (Å²) in [5.41, 5.74) is 4.50. The molecule has 0 saturated heterocycles. The van der Waals surface area contributed by atoms with Gasteiger partial charge < -0.3 is 0 Å². The maximum absolute atomic E-state index is 10.9. The molecule has 0 aliphatic heterocycles. The van der Waals surface area contributed by atoms with Crippen molar-refractivity contribution in [2.75, 3.05) is 5.43 Å². The smallest absolute Gasteiger partial charge is 0.260 e. The molecular weight excluding hydrogens is 254 g/mol. The highest BCUT2D eigenvalue weighted by Gasteiger charge is 2.12. The summed E-state index contributed by atoms with van der Waals surface area (Å²) in [6.07, 6.45) is 3.05. The van der Waals surface area contributed by atoms with Crippen molar-refractivity contribution in [3.8, 4) is 0 Å². The minimum absolute atomic E-state index is 0.134. The summed E-state index contributed by atoms with van der Waals surface area (Å²) >= 11 is 0. The third kappa shape index (κ3) is 3.74. The lowest BCUT2D eigenvalue weighted by Crippen LogP contribution is -2.13. The molecule has 6 nitrogen and oxygen atoms in total. The number of anilines is 1. The standard InChI is InChI=1S/C14H17N5O/c1-14(2,3)11-6-4-10(5-7-11)8-15-18-12-9-16-19-13(20)17-12/h4-9H,1-3H3,(H2,17,18,19,20)/b15-8-. The zero-order chi connectivity index (χ0) is 14.6. The molecule has 0 aliphatic rings. The van der Waals surface area contributed by atoms with Gasteiger partial charge in [0.25, 0.3) is 0 Å². The van der Waals surface area contributed by atoms with Gasteiger partial charge in [-0.25, -0.2) is 9.89 Å². The Morgan fingerprint density at radius 3 is 2.55 bits per heavy atom. The molecule has 2 aromatic rings. The zero-order valence-electron chi connectivity index (χ0n) is 11.7. The Labute approximate surface area is 117 Å². The van der Waals surface area contributed by atoms with Crippen LogP contribution < -0.4 is 11.1 Å². The van der Waals surface area contributed by atoms with Gasteiger partial charge >= 0.3 is 5.69 Å². The van der Waals surface area contributed by atoms with Crippen molar-refractivity contribution < 1.29 is 0 Å². The summed E-state index contributed by atoms with van der Waals surface area (Å²) < 4.78 is 0. The van der Waals surface area contributed by atoms with Crippen molar-refractivity contribution in [1.82, 2.24) is 15.2 Å². The van der Waals surface area contributed by atoms with E-state index in [-0.39, 0.29) is 5.41 Å². The lowest BCUT2D eigenvalue weighted by molar-refractivity contribution is 0.590. The number of benzene rings is 1. The van der Waals surface area contributed by atoms with Crippen LogP contribution in [0.5, 0.6) is 0 Å². The SMILES string of the molecule is CC(C)(C)c1ccc(/C=N\Nc2cn[nH]c(=O)n2)cc1. The molecule has 20 heavy (non-hydrogen) atoms. The van der Waals surface area contributed by atoms with Gasteiger partial charge in [0.2, 0.25) is 0 Å². The van der Waals surface area contributed by atoms with E-state index in [1.165, 1.54) is 11.8 Å². The molecular formula is C14H17N5O. The molecule has 0 bridgehead atoms. The molecule has 6 heteroatoms. The van der Waals surface area contributed by atoms with Crippen molar-refractivity contribution in [3.63, 3.8) is 0 Å². The molecule has 1 aromatic carbocycles. The van der Waals surface area contributed by atoms with Crippen molar-refractivity contribution in [3.05, 3.63) is 52.1 Å². The lowest BCUT2D eigenvalue weighted by Gasteiger charge is -2.18. The number of aromatic nitrogens is 3. The zero-order valence-corrected chi connectivity index (χ0v) is 11.7. The van der Waals surface area contributed by atoms with E-state index in [2.05, 4.69) is 58.6 Å². The van der Waals surface area contributed by atoms with Crippen LogP contribution in [0.3, 0.4) is 0 Å². The number of hydrogen-bond donors (Lipinski definition) is 2. The highest BCUT2D eigenvalue weighted by Crippen LogP contribution is 2.21. The van der Waals surface area contributed by atoms with Crippen LogP contribution in [0.25, 0.3) is 0 Å². The Morgan fingerprint density at radius 1 is 1.25 bits per heavy atom. The molecule has 1 aromatic heterocycles. The normalized spacial score (nSPS) is 11.8. The summed E-state index contributed by atoms with van der Waals surface area (Å²) in [5.74, 6) is 0.302. The molecule has 104 valence electrons. The number of nitrogens with one attached hydrogen (secondary N) is 2. The van der Waals surface area contributed by atoms with E-state index in [0.29, 0.717) is 5.82 Å². The first-order chi connectivity index (χ1) is 9.45. The van der Waals surface area contributed by atoms with Crippen LogP contribution in [0.4, 0.5) is 5.82 Å². The summed E-state index contributed by atoms with van der Waals surface area (Å²) in [7, 11) is 0. The fraction of sp³-hybridized carbons (Fsp3) is 0.286. The largest absolute Gasteiger partial charge is 0.363 e. The topological polar surface area (TPSA) is 83.0 Å². The second-order valence-corrected chi connectivity index (χ2v) is 5.41. The molecule has 0 spiro atoms. The number of hydrazone groups is 1. The van der Waals surface area contributed by atoms with Crippen LogP contribution in [-0.4, -0.2) is 21.4 Å². The van der Waals surface area contributed by atoms with Crippen LogP contribution in [0, 0.1) is 0 Å². The minimum Gasteiger partial charge on any atom is -0.260 e. The molecule has 0 amide bonds. The average Bonchev–Trinajstić information content (AvgIpc) is 2.38. The molecule has 0 aliphatic carbocycles. The molecule has 0 radical (unpaired) electrons. The molecule has 2 rings (SSSR count). The van der Waals surface area contributed by atoms with Crippen LogP contribution in [0.2, 0.25) is 0 Å². The van der Waals surface area contributed by atoms with Gasteiger partial charge in [0, 0.05) is 0 Å². The quantitative estimate of drug-likeness (QED) is 0.660. The number of H-pyrrole nitrogens is 1. The molecule has 2 N–H and O–H groups in total. The third-order valence-electron chi connectivity index (χ3n) is 2.74. The first-order valence-electron chi connectivity index (χ1n) is 6.26. The third-order valence-corrected chi connectivity index (χ3v) is 2.74. The summed E-state index contributed by atoms with van der Waals surface area (Å²) in [4.78, 5) is 14.6. The second-order valence-electron chi connectivity index (χ2n) is 5.41. The van der Waals surface area contributed by atoms with E-state index in [1.807, 2.05) is 12.1 Å². The number of aromatic amines is 1. The van der Waals surface area contributed by atoms with Crippen molar-refractivity contribution in [2.24, 2.45) is 5.10 Å². The van der Waals surface area contributed by atoms with E-state index < -0.39 is 5.69 Å². The highest BCUT2D eigenvalue weighted by molar-refractivity contribution is 5.80. The molecule has 0 unspecified atom stereocenters. The van der Waals surface area contributed by atoms with Gasteiger partial charge in [0.15, 0.2) is 5.82 Å². The van der Waals surface area contributed by atoms with E-state index in [1.54, 1.807) is 6.21 Å². The predicted molar refractivity (Wildman–Crippen MR) is 79.0 cm³/mol. The van der Waals surface area contributed by atoms with Crippen LogP contribution in [0.1, 0.15) is 31.9 Å². The monoisotopic (exact) mass is 271 g/mol. The maximum atomic E-state index is 10.9. The van der Waals surface area contributed by atoms with E-state index in [0.717, 1.165) is 5.56 Å². The number of nitrogens with zero attached hydrogens (tertiary/aromatic N) is 3. The van der Waals surface area contributed by atoms with Crippen molar-refractivity contribution in [2.45, 2.75) is 26.2 Å². The van der Waals surface area contributed by atoms with Gasteiger partial charge in [-0.15, -0.1) is 0 Å². The van der Waals surface area contributed by atoms with Crippen molar-refractivity contribution in [1.29, 1.82) is 0 Å². The van der Waals surface area contributed by atoms with E-state index >= 15 is 0 Å². The average molecular weight is 271 g/mol. The van der Waals surface area contributed by atoms with Gasteiger partial charge in [-0.1, -0.05) is 45.0 Å². The fourth-order valence-electron chi connectivity index (χ4n) is 1.61. The first-order valence-corrected chi connectivity index (χ1v) is 6.26. The summed E-state index contributed by atoms with van der Waals surface area (Å²) in [5, 5.41) is 9.82. The predicted octanol–water partition coefficient (Wildman–Crippen LogP) is 1.91. The fourth-order valence-corrected chi connectivity index (χ4v) is 1.61. The first kappa shape index (κ1) is 13.9. The molecule has 0 saturated carbocycles. The van der Waals surface area contributed by atoms with Gasteiger partial charge in [0.1, 0.15) is 0 Å². The Bertz CT molecular complexity index is 652. The van der Waals surface area contributed by atoms with Crippen LogP contribution in [-0.2, 0) is 5.41 Å². The van der Waals surface area contributed by atoms with Crippen LogP contribution >= 0.6 is 0 Å². The van der Waals surface area contributed by atoms with E-state index in [9.17, 15) is 4.79 Å². The maximum Gasteiger partial charge on any atom is 0.363 e. The molecule has 0 atom stereocenters. The Morgan fingerprint density at radius 2 is 1.95 bits per heavy atom. The number of rotatable bonds is 3. The summed E-state index contributed by atoms with van der Waals surface area (Å²) in [6, 6.07) is 8.15. The Hall–Kier alpha value is -2.50. The molecule has 0 fully saturated rings. The minimum atomic E-state index is -0.514. The van der Waals surface area contributed by atoms with Crippen molar-refractivity contribution >= 4 is 12.0 Å². The second kappa shape index (κ2) is 5.64. The van der Waals surface area contributed by atoms with Crippen LogP contribution in [0.15, 0.2) is 40.4 Å². The summed E-state index contributed by atoms with van der Waals surface area (Å²) in [6.45, 7) is 6.51. The van der Waals surface area contributed by atoms with E-state index in [4.69, 9.17) is 0 Å².